The lowest BCUT2D eigenvalue weighted by molar-refractivity contribution is -0.141. The molecule has 0 saturated heterocycles. The van der Waals surface area contributed by atoms with Crippen molar-refractivity contribution in [1.29, 1.82) is 0 Å². The monoisotopic (exact) mass is 601 g/mol. The summed E-state index contributed by atoms with van der Waals surface area (Å²) in [5.41, 5.74) is -1.36. The molecule has 0 aliphatic carbocycles. The number of carbonyl (C=O) groups excluding carboxylic acids is 2. The number of methoxy groups -OCH3 is 1. The van der Waals surface area contributed by atoms with Crippen molar-refractivity contribution >= 4 is 46.4 Å². The van der Waals surface area contributed by atoms with Gasteiger partial charge in [-0.2, -0.15) is 13.2 Å². The van der Waals surface area contributed by atoms with Crippen LogP contribution in [0.5, 0.6) is 5.75 Å². The molecule has 210 valence electrons. The molecule has 0 fully saturated rings. The van der Waals surface area contributed by atoms with Crippen molar-refractivity contribution in [1.82, 2.24) is 14.5 Å². The van der Waals surface area contributed by atoms with Crippen LogP contribution in [0.3, 0.4) is 0 Å². The number of rotatable bonds is 4. The van der Waals surface area contributed by atoms with Gasteiger partial charge in [-0.05, 0) is 44.2 Å². The summed E-state index contributed by atoms with van der Waals surface area (Å²) in [6.07, 6.45) is -3.70. The summed E-state index contributed by atoms with van der Waals surface area (Å²) < 4.78 is 47.2. The fourth-order valence-electron chi connectivity index (χ4n) is 5.57. The van der Waals surface area contributed by atoms with Gasteiger partial charge in [0.05, 0.1) is 18.4 Å². The minimum Gasteiger partial charge on any atom is -0.496 e. The van der Waals surface area contributed by atoms with Gasteiger partial charge in [-0.3, -0.25) is 19.5 Å². The molecule has 41 heavy (non-hydrogen) atoms. The molecule has 2 aliphatic rings. The third-order valence-electron chi connectivity index (χ3n) is 7.14. The number of hydrogen-bond acceptors (Lipinski definition) is 5. The van der Waals surface area contributed by atoms with Crippen molar-refractivity contribution in [3.63, 3.8) is 0 Å². The number of pyridine rings is 1. The number of nitrogens with one attached hydrogen (secondary N) is 1. The number of anilines is 2. The second-order valence-electron chi connectivity index (χ2n) is 9.84. The highest BCUT2D eigenvalue weighted by molar-refractivity contribution is 6.32. The molecule has 8 nitrogen and oxygen atoms in total. The fourth-order valence-corrected chi connectivity index (χ4v) is 5.92. The molecular formula is C28H20Cl2F3N5O3. The molecule has 0 radical (unpaired) electrons. The summed E-state index contributed by atoms with van der Waals surface area (Å²) >= 11 is 12.5. The van der Waals surface area contributed by atoms with Gasteiger partial charge in [0.15, 0.2) is 11.2 Å². The highest BCUT2D eigenvalue weighted by atomic mass is 35.5. The quantitative estimate of drug-likeness (QED) is 0.280. The van der Waals surface area contributed by atoms with Crippen molar-refractivity contribution in [2.75, 3.05) is 17.3 Å². The van der Waals surface area contributed by atoms with Gasteiger partial charge < -0.3 is 14.6 Å². The maximum atomic E-state index is 14.3. The first-order chi connectivity index (χ1) is 19.4. The minimum atomic E-state index is -4.70. The van der Waals surface area contributed by atoms with Gasteiger partial charge in [0.1, 0.15) is 17.3 Å². The molecule has 0 saturated carbocycles. The number of hydrogen-bond donors (Lipinski definition) is 1. The zero-order chi connectivity index (χ0) is 29.4. The Morgan fingerprint density at radius 2 is 1.78 bits per heavy atom. The molecule has 2 aromatic heterocycles. The first kappa shape index (κ1) is 27.1. The molecule has 1 unspecified atom stereocenters. The van der Waals surface area contributed by atoms with Gasteiger partial charge in [0, 0.05) is 45.3 Å². The van der Waals surface area contributed by atoms with E-state index < -0.39 is 35.3 Å². The van der Waals surface area contributed by atoms with E-state index in [1.165, 1.54) is 12.0 Å². The van der Waals surface area contributed by atoms with E-state index in [2.05, 4.69) is 15.3 Å². The molecule has 2 amide bonds. The summed E-state index contributed by atoms with van der Waals surface area (Å²) in [6.45, 7) is 3.62. The lowest BCUT2D eigenvalue weighted by atomic mass is 9.87. The Hall–Kier alpha value is -4.09. The van der Waals surface area contributed by atoms with E-state index in [1.54, 1.807) is 47.0 Å². The van der Waals surface area contributed by atoms with E-state index >= 15 is 0 Å². The summed E-state index contributed by atoms with van der Waals surface area (Å²) in [6, 6.07) is 11.7. The van der Waals surface area contributed by atoms with Crippen molar-refractivity contribution in [3.05, 3.63) is 87.4 Å². The lowest BCUT2D eigenvalue weighted by Gasteiger charge is -2.35. The molecule has 0 bridgehead atoms. The van der Waals surface area contributed by atoms with Crippen LogP contribution in [0.2, 0.25) is 10.0 Å². The maximum absolute atomic E-state index is 14.3. The van der Waals surface area contributed by atoms with Gasteiger partial charge in [0.25, 0.3) is 11.8 Å². The molecular weight excluding hydrogens is 582 g/mol. The number of aromatic nitrogens is 3. The topological polar surface area (TPSA) is 89.3 Å². The van der Waals surface area contributed by atoms with Gasteiger partial charge in [0.2, 0.25) is 0 Å². The number of imidazole rings is 1. The third kappa shape index (κ3) is 3.82. The van der Waals surface area contributed by atoms with E-state index in [4.69, 9.17) is 27.9 Å². The predicted octanol–water partition coefficient (Wildman–Crippen LogP) is 6.72. The summed E-state index contributed by atoms with van der Waals surface area (Å²) in [5.74, 6) is -1.15. The summed E-state index contributed by atoms with van der Waals surface area (Å²) in [7, 11) is 1.23. The Morgan fingerprint density at radius 1 is 1.05 bits per heavy atom. The Bertz CT molecular complexity index is 1770. The van der Waals surface area contributed by atoms with E-state index in [0.717, 1.165) is 12.3 Å². The number of fused-ring (bicyclic) bond motifs is 4. The van der Waals surface area contributed by atoms with Crippen LogP contribution in [0.25, 0.3) is 11.4 Å². The number of amides is 2. The summed E-state index contributed by atoms with van der Waals surface area (Å²) in [4.78, 5) is 38.0. The second kappa shape index (κ2) is 9.22. The zero-order valence-electron chi connectivity index (χ0n) is 21.7. The van der Waals surface area contributed by atoms with Crippen LogP contribution in [-0.4, -0.2) is 33.5 Å². The average Bonchev–Trinajstić information content (AvgIpc) is 3.51. The third-order valence-corrected chi connectivity index (χ3v) is 7.61. The number of benzene rings is 2. The highest BCUT2D eigenvalue weighted by Crippen LogP contribution is 2.54. The van der Waals surface area contributed by atoms with Gasteiger partial charge in [-0.15, -0.1) is 0 Å². The molecule has 2 aliphatic heterocycles. The number of carbonyl (C=O) groups is 2. The molecule has 4 heterocycles. The molecule has 1 N–H and O–H groups in total. The van der Waals surface area contributed by atoms with Crippen molar-refractivity contribution in [2.24, 2.45) is 0 Å². The first-order valence-corrected chi connectivity index (χ1v) is 13.1. The fraction of sp³-hybridized carbons (Fsp3) is 0.214. The van der Waals surface area contributed by atoms with Crippen molar-refractivity contribution < 1.29 is 27.5 Å². The largest absolute Gasteiger partial charge is 0.496 e. The molecule has 2 aromatic carbocycles. The van der Waals surface area contributed by atoms with E-state index in [9.17, 15) is 22.8 Å². The Kier molecular flexibility index (Phi) is 6.09. The minimum absolute atomic E-state index is 0.0476. The first-order valence-electron chi connectivity index (χ1n) is 12.4. The normalized spacial score (nSPS) is 17.8. The molecule has 13 heteroatoms. The molecule has 4 aromatic rings. The van der Waals surface area contributed by atoms with Crippen LogP contribution in [-0.2, 0) is 16.5 Å². The van der Waals surface area contributed by atoms with Crippen molar-refractivity contribution in [3.8, 4) is 17.1 Å². The van der Waals surface area contributed by atoms with Crippen LogP contribution in [0.4, 0.5) is 24.5 Å². The number of alkyl halides is 3. The Morgan fingerprint density at radius 3 is 2.44 bits per heavy atom. The highest BCUT2D eigenvalue weighted by Gasteiger charge is 2.64. The summed E-state index contributed by atoms with van der Waals surface area (Å²) in [5, 5.41) is 3.57. The van der Waals surface area contributed by atoms with E-state index in [0.29, 0.717) is 27.0 Å². The Labute approximate surface area is 241 Å². The smallest absolute Gasteiger partial charge is 0.433 e. The predicted molar refractivity (Wildman–Crippen MR) is 147 cm³/mol. The van der Waals surface area contributed by atoms with Gasteiger partial charge in [-0.1, -0.05) is 35.3 Å². The van der Waals surface area contributed by atoms with Gasteiger partial charge >= 0.3 is 6.18 Å². The van der Waals surface area contributed by atoms with E-state index in [-0.39, 0.29) is 28.5 Å². The maximum Gasteiger partial charge on any atom is 0.433 e. The van der Waals surface area contributed by atoms with Crippen LogP contribution in [0.1, 0.15) is 47.3 Å². The zero-order valence-corrected chi connectivity index (χ0v) is 23.2. The second-order valence-corrected chi connectivity index (χ2v) is 10.7. The molecule has 1 atom stereocenters. The van der Waals surface area contributed by atoms with Crippen LogP contribution in [0, 0.1) is 0 Å². The van der Waals surface area contributed by atoms with E-state index in [1.807, 2.05) is 13.8 Å². The number of nitrogens with zero attached hydrogens (tertiary/aromatic N) is 4. The number of ether oxygens (including phenoxy) is 1. The van der Waals surface area contributed by atoms with Crippen molar-refractivity contribution in [2.45, 2.75) is 31.6 Å². The Balaban J connectivity index is 1.69. The van der Waals surface area contributed by atoms with Crippen LogP contribution < -0.4 is 15.0 Å². The van der Waals surface area contributed by atoms with Gasteiger partial charge in [-0.25, -0.2) is 4.98 Å². The van der Waals surface area contributed by atoms with Crippen LogP contribution in [0.15, 0.2) is 54.7 Å². The standard InChI is InChI=1S/C28H20Cl2F3N5O3/c1-13(2)37-23-22(36-24(37)17-12-34-21(28(31,32)33)11-20(17)41-3)25(39)38(16-6-4-5-14(29)9-16)27(23)18-8-7-15(30)10-19(18)35-26(27)40/h4-13H,1-3H3,(H,35,40). The number of halogens is 5. The molecule has 6 rings (SSSR count). The lowest BCUT2D eigenvalue weighted by Crippen LogP contribution is -2.51. The average molecular weight is 602 g/mol. The molecule has 1 spiro atoms. The SMILES string of the molecule is COc1cc(C(F)(F)F)ncc1-c1nc2c(n1C(C)C)C1(C(=O)Nc3cc(Cl)ccc31)N(c1cccc(Cl)c1)C2=O. The van der Waals surface area contributed by atoms with Crippen LogP contribution >= 0.6 is 23.2 Å².